The highest BCUT2D eigenvalue weighted by atomic mass is 19.1. The number of fused-ring (bicyclic) bond motifs is 3. The van der Waals surface area contributed by atoms with Gasteiger partial charge >= 0.3 is 0 Å². The van der Waals surface area contributed by atoms with E-state index in [0.717, 1.165) is 42.1 Å². The maximum absolute atomic E-state index is 13.4. The molecule has 2 fully saturated rings. The molecule has 27 heavy (non-hydrogen) atoms. The predicted molar refractivity (Wildman–Crippen MR) is 103 cm³/mol. The van der Waals surface area contributed by atoms with E-state index in [-0.39, 0.29) is 23.8 Å². The summed E-state index contributed by atoms with van der Waals surface area (Å²) in [6.45, 7) is 0. The van der Waals surface area contributed by atoms with Crippen LogP contribution in [0.4, 0.5) is 4.39 Å². The molecule has 0 aliphatic carbocycles. The fraction of sp³-hybridized carbons (Fsp3) is 0.304. The first-order valence-corrected chi connectivity index (χ1v) is 9.62. The number of amides is 1. The third-order valence-electron chi connectivity index (χ3n) is 6.19. The van der Waals surface area contributed by atoms with Crippen molar-refractivity contribution in [2.75, 3.05) is 0 Å². The van der Waals surface area contributed by atoms with Gasteiger partial charge in [0.25, 0.3) is 5.91 Å². The van der Waals surface area contributed by atoms with E-state index in [1.165, 1.54) is 17.7 Å². The number of carbonyl (C=O) groups excluding carboxylic acids is 1. The van der Waals surface area contributed by atoms with Gasteiger partial charge in [-0.3, -0.25) is 9.78 Å². The second kappa shape index (κ2) is 6.45. The van der Waals surface area contributed by atoms with Crippen molar-refractivity contribution >= 4 is 16.8 Å². The second-order valence-corrected chi connectivity index (χ2v) is 7.69. The van der Waals surface area contributed by atoms with Gasteiger partial charge in [-0.15, -0.1) is 0 Å². The summed E-state index contributed by atoms with van der Waals surface area (Å²) >= 11 is 0. The molecule has 0 N–H and O–H groups in total. The molecule has 2 saturated heterocycles. The fourth-order valence-corrected chi connectivity index (χ4v) is 4.94. The molecule has 2 aliphatic heterocycles. The van der Waals surface area contributed by atoms with Crippen LogP contribution in [-0.2, 0) is 0 Å². The number of hydrogen-bond acceptors (Lipinski definition) is 2. The number of hydrogen-bond donors (Lipinski definition) is 0. The topological polar surface area (TPSA) is 33.2 Å². The molecule has 3 heterocycles. The Balaban J connectivity index is 1.44. The van der Waals surface area contributed by atoms with Gasteiger partial charge < -0.3 is 4.90 Å². The monoisotopic (exact) mass is 360 g/mol. The van der Waals surface area contributed by atoms with E-state index in [1.807, 2.05) is 42.5 Å². The van der Waals surface area contributed by atoms with Crippen LogP contribution in [-0.4, -0.2) is 27.9 Å². The number of piperidine rings is 1. The first-order valence-electron chi connectivity index (χ1n) is 9.62. The highest BCUT2D eigenvalue weighted by Gasteiger charge is 2.43. The molecule has 2 bridgehead atoms. The lowest BCUT2D eigenvalue weighted by Gasteiger charge is -2.39. The minimum Gasteiger partial charge on any atom is -0.333 e. The Morgan fingerprint density at radius 2 is 1.70 bits per heavy atom. The van der Waals surface area contributed by atoms with Crippen LogP contribution < -0.4 is 0 Å². The van der Waals surface area contributed by atoms with Crippen molar-refractivity contribution in [2.24, 2.45) is 0 Å². The van der Waals surface area contributed by atoms with Crippen molar-refractivity contribution in [3.05, 3.63) is 77.7 Å². The number of nitrogens with zero attached hydrogens (tertiary/aromatic N) is 2. The van der Waals surface area contributed by atoms with Crippen LogP contribution in [0.5, 0.6) is 0 Å². The molecule has 0 saturated carbocycles. The summed E-state index contributed by atoms with van der Waals surface area (Å²) in [4.78, 5) is 19.9. The molecule has 2 atom stereocenters. The van der Waals surface area contributed by atoms with Crippen molar-refractivity contribution in [1.29, 1.82) is 0 Å². The number of carbonyl (C=O) groups is 1. The quantitative estimate of drug-likeness (QED) is 0.649. The standard InChI is InChI=1S/C23H21FN2O/c24-17-8-6-15(7-9-17)16-13-18-10-11-19(14-16)26(18)23(27)21-3-1-5-22-20(21)4-2-12-25-22/h1-9,12,16,18-19H,10-11,13-14H2/t18-,19-/m1/s1. The third kappa shape index (κ3) is 2.80. The molecule has 0 spiro atoms. The predicted octanol–water partition coefficient (Wildman–Crippen LogP) is 4.92. The Hall–Kier alpha value is -2.75. The molecule has 0 unspecified atom stereocenters. The number of halogens is 1. The van der Waals surface area contributed by atoms with Crippen molar-refractivity contribution in [3.63, 3.8) is 0 Å². The van der Waals surface area contributed by atoms with Crippen LogP contribution in [0, 0.1) is 5.82 Å². The van der Waals surface area contributed by atoms with Gasteiger partial charge in [0, 0.05) is 29.2 Å². The van der Waals surface area contributed by atoms with E-state index < -0.39 is 0 Å². The third-order valence-corrected chi connectivity index (χ3v) is 6.19. The zero-order valence-corrected chi connectivity index (χ0v) is 15.0. The van der Waals surface area contributed by atoms with Crippen molar-refractivity contribution in [3.8, 4) is 0 Å². The minimum absolute atomic E-state index is 0.124. The Kier molecular flexibility index (Phi) is 3.92. The number of pyridine rings is 1. The maximum atomic E-state index is 13.4. The Bertz CT molecular complexity index is 981. The zero-order valence-electron chi connectivity index (χ0n) is 15.0. The van der Waals surface area contributed by atoms with Gasteiger partial charge in [-0.1, -0.05) is 24.3 Å². The van der Waals surface area contributed by atoms with Crippen molar-refractivity contribution in [2.45, 2.75) is 43.7 Å². The molecule has 136 valence electrons. The molecule has 3 aromatic rings. The van der Waals surface area contributed by atoms with Gasteiger partial charge in [-0.05, 0) is 67.5 Å². The lowest BCUT2D eigenvalue weighted by atomic mass is 9.84. The summed E-state index contributed by atoms with van der Waals surface area (Å²) in [5.41, 5.74) is 2.80. The van der Waals surface area contributed by atoms with E-state index in [4.69, 9.17) is 0 Å². The molecule has 5 rings (SSSR count). The Morgan fingerprint density at radius 1 is 0.963 bits per heavy atom. The minimum atomic E-state index is -0.195. The van der Waals surface area contributed by atoms with Crippen molar-refractivity contribution < 1.29 is 9.18 Å². The summed E-state index contributed by atoms with van der Waals surface area (Å²) in [6.07, 6.45) is 5.77. The van der Waals surface area contributed by atoms with Crippen LogP contribution in [0.25, 0.3) is 10.9 Å². The number of rotatable bonds is 2. The Labute approximate surface area is 157 Å². The first kappa shape index (κ1) is 16.4. The fourth-order valence-electron chi connectivity index (χ4n) is 4.94. The second-order valence-electron chi connectivity index (χ2n) is 7.69. The number of aromatic nitrogens is 1. The number of benzene rings is 2. The van der Waals surface area contributed by atoms with Gasteiger partial charge in [0.15, 0.2) is 0 Å². The maximum Gasteiger partial charge on any atom is 0.255 e. The van der Waals surface area contributed by atoms with Gasteiger partial charge in [-0.25, -0.2) is 4.39 Å². The van der Waals surface area contributed by atoms with Gasteiger partial charge in [0.2, 0.25) is 0 Å². The average molecular weight is 360 g/mol. The summed E-state index contributed by atoms with van der Waals surface area (Å²) < 4.78 is 13.2. The molecular weight excluding hydrogens is 339 g/mol. The highest BCUT2D eigenvalue weighted by Crippen LogP contribution is 2.44. The van der Waals surface area contributed by atoms with Crippen LogP contribution >= 0.6 is 0 Å². The molecule has 1 amide bonds. The molecule has 2 aliphatic rings. The van der Waals surface area contributed by atoms with E-state index in [1.54, 1.807) is 6.20 Å². The molecule has 0 radical (unpaired) electrons. The average Bonchev–Trinajstić information content (AvgIpc) is 2.97. The molecule has 2 aromatic carbocycles. The van der Waals surface area contributed by atoms with Gasteiger partial charge in [-0.2, -0.15) is 0 Å². The lowest BCUT2D eigenvalue weighted by Crippen LogP contribution is -2.46. The van der Waals surface area contributed by atoms with Crippen LogP contribution in [0.3, 0.4) is 0 Å². The van der Waals surface area contributed by atoms with E-state index in [9.17, 15) is 9.18 Å². The van der Waals surface area contributed by atoms with E-state index in [0.29, 0.717) is 5.92 Å². The largest absolute Gasteiger partial charge is 0.333 e. The first-order chi connectivity index (χ1) is 13.2. The zero-order chi connectivity index (χ0) is 18.4. The molecule has 1 aromatic heterocycles. The highest BCUT2D eigenvalue weighted by molar-refractivity contribution is 6.06. The van der Waals surface area contributed by atoms with Crippen LogP contribution in [0.2, 0.25) is 0 Å². The van der Waals surface area contributed by atoms with Crippen LogP contribution in [0.1, 0.15) is 47.5 Å². The molecule has 4 heteroatoms. The summed E-state index contributed by atoms with van der Waals surface area (Å²) in [7, 11) is 0. The lowest BCUT2D eigenvalue weighted by molar-refractivity contribution is 0.0573. The van der Waals surface area contributed by atoms with Gasteiger partial charge in [0.05, 0.1) is 5.52 Å². The SMILES string of the molecule is O=C(c1cccc2ncccc12)N1[C@@H]2CC[C@@H]1CC(c1ccc(F)cc1)C2. The summed E-state index contributed by atoms with van der Waals surface area (Å²) in [5, 5.41) is 0.921. The molecule has 3 nitrogen and oxygen atoms in total. The summed E-state index contributed by atoms with van der Waals surface area (Å²) in [6, 6.07) is 17.0. The Morgan fingerprint density at radius 3 is 2.44 bits per heavy atom. The van der Waals surface area contributed by atoms with Crippen molar-refractivity contribution in [1.82, 2.24) is 9.88 Å². The van der Waals surface area contributed by atoms with Gasteiger partial charge in [0.1, 0.15) is 5.82 Å². The molecular formula is C23H21FN2O. The van der Waals surface area contributed by atoms with E-state index in [2.05, 4.69) is 9.88 Å². The summed E-state index contributed by atoms with van der Waals surface area (Å²) in [5.74, 6) is 0.332. The van der Waals surface area contributed by atoms with Crippen LogP contribution in [0.15, 0.2) is 60.8 Å². The van der Waals surface area contributed by atoms with E-state index >= 15 is 0 Å². The smallest absolute Gasteiger partial charge is 0.255 e. The normalized spacial score (nSPS) is 24.3.